The minimum atomic E-state index is -5.09. The number of ether oxygens (including phenoxy) is 1. The number of benzene rings is 2. The minimum Gasteiger partial charge on any atom is -0.823 e. The molecule has 0 aromatic heterocycles. The molecule has 0 amide bonds. The summed E-state index contributed by atoms with van der Waals surface area (Å²) in [6.07, 6.45) is -10.2. The Morgan fingerprint density at radius 3 is 1.86 bits per heavy atom. The summed E-state index contributed by atoms with van der Waals surface area (Å²) >= 11 is 0. The van der Waals surface area contributed by atoms with Gasteiger partial charge in [-0.25, -0.2) is 0 Å². The number of halogens is 6. The first-order valence-electron chi connectivity index (χ1n) is 8.16. The predicted molar refractivity (Wildman–Crippen MR) is 93.9 cm³/mol. The van der Waals surface area contributed by atoms with Crippen LogP contribution in [0.4, 0.5) is 26.3 Å². The molecule has 0 radical (unpaired) electrons. The van der Waals surface area contributed by atoms with Crippen LogP contribution in [0.2, 0.25) is 0 Å². The predicted octanol–water partition coefficient (Wildman–Crippen LogP) is 4.87. The standard InChI is InChI=1S/C19H17F6O2P/c1-11(2)10-27-12-6-8-13(9-7-12)28-17(26)16-14(18(20,21)22)4-3-5-15(16)19(23,24)25/h3-9,11,26H,10H2,1-2H3/p-1. The third-order valence-corrected chi connectivity index (χ3v) is 4.52. The largest absolute Gasteiger partial charge is 0.823 e. The topological polar surface area (TPSA) is 32.3 Å². The van der Waals surface area contributed by atoms with Crippen molar-refractivity contribution < 1.29 is 36.2 Å². The van der Waals surface area contributed by atoms with Gasteiger partial charge in [0.2, 0.25) is 0 Å². The van der Waals surface area contributed by atoms with Crippen LogP contribution in [0, 0.1) is 5.92 Å². The molecule has 9 heteroatoms. The molecule has 0 aliphatic rings. The summed E-state index contributed by atoms with van der Waals surface area (Å²) in [5.41, 5.74) is -5.85. The zero-order valence-corrected chi connectivity index (χ0v) is 15.8. The molecule has 152 valence electrons. The van der Waals surface area contributed by atoms with Crippen LogP contribution in [-0.2, 0) is 12.4 Å². The highest BCUT2D eigenvalue weighted by atomic mass is 31.1. The summed E-state index contributed by atoms with van der Waals surface area (Å²) in [5, 5.41) is 12.7. The molecule has 0 aliphatic carbocycles. The third kappa shape index (κ3) is 5.72. The van der Waals surface area contributed by atoms with E-state index in [1.807, 2.05) is 13.8 Å². The van der Waals surface area contributed by atoms with E-state index in [0.717, 1.165) is 0 Å². The van der Waals surface area contributed by atoms with E-state index in [4.69, 9.17) is 4.74 Å². The zero-order chi connectivity index (χ0) is 21.1. The fourth-order valence-electron chi connectivity index (χ4n) is 2.31. The molecular weight excluding hydrogens is 405 g/mol. The lowest BCUT2D eigenvalue weighted by atomic mass is 10.0. The van der Waals surface area contributed by atoms with Gasteiger partial charge in [0.05, 0.1) is 17.7 Å². The lowest BCUT2D eigenvalue weighted by Crippen LogP contribution is -2.27. The van der Waals surface area contributed by atoms with Gasteiger partial charge >= 0.3 is 12.4 Å². The van der Waals surface area contributed by atoms with Crippen LogP contribution < -0.4 is 15.1 Å². The molecule has 0 aliphatic heterocycles. The highest BCUT2D eigenvalue weighted by Crippen LogP contribution is 2.39. The molecule has 0 heterocycles. The Balaban J connectivity index is 2.46. The van der Waals surface area contributed by atoms with Gasteiger partial charge in [0.15, 0.2) is 0 Å². The molecule has 0 N–H and O–H groups in total. The number of rotatable bonds is 5. The van der Waals surface area contributed by atoms with Crippen LogP contribution in [-0.4, -0.2) is 12.1 Å². The highest BCUT2D eigenvalue weighted by Gasteiger charge is 2.40. The van der Waals surface area contributed by atoms with Gasteiger partial charge in [0.25, 0.3) is 0 Å². The molecule has 0 bridgehead atoms. The average molecular weight is 421 g/mol. The Morgan fingerprint density at radius 2 is 1.43 bits per heavy atom. The van der Waals surface area contributed by atoms with E-state index in [1.54, 1.807) is 0 Å². The minimum absolute atomic E-state index is 0.256. The molecule has 0 saturated heterocycles. The fourth-order valence-corrected chi connectivity index (χ4v) is 3.19. The number of hydrogen-bond donors (Lipinski definition) is 0. The van der Waals surface area contributed by atoms with Crippen molar-refractivity contribution in [2.24, 2.45) is 5.92 Å². The van der Waals surface area contributed by atoms with Crippen LogP contribution >= 0.6 is 8.20 Å². The maximum absolute atomic E-state index is 13.2. The first kappa shape index (κ1) is 22.2. The number of hydrogen-bond acceptors (Lipinski definition) is 2. The molecule has 2 aromatic rings. The van der Waals surface area contributed by atoms with Crippen molar-refractivity contribution in [1.82, 2.24) is 0 Å². The summed E-state index contributed by atoms with van der Waals surface area (Å²) in [7, 11) is -0.299. The molecular formula is C19H16F6O2P-. The quantitative estimate of drug-likeness (QED) is 0.510. The smallest absolute Gasteiger partial charge is 0.416 e. The number of alkyl halides is 6. The van der Waals surface area contributed by atoms with Gasteiger partial charge < -0.3 is 9.84 Å². The van der Waals surface area contributed by atoms with Gasteiger partial charge in [0, 0.05) is 5.30 Å². The lowest BCUT2D eigenvalue weighted by Gasteiger charge is -2.23. The Kier molecular flexibility index (Phi) is 6.78. The van der Waals surface area contributed by atoms with Crippen molar-refractivity contribution in [2.45, 2.75) is 26.2 Å². The molecule has 2 nitrogen and oxygen atoms in total. The molecule has 0 fully saturated rings. The normalized spacial score (nSPS) is 13.1. The van der Waals surface area contributed by atoms with Crippen molar-refractivity contribution in [2.75, 3.05) is 6.61 Å². The van der Waals surface area contributed by atoms with E-state index >= 15 is 0 Å². The Bertz CT molecular complexity index is 807. The maximum atomic E-state index is 13.2. The van der Waals surface area contributed by atoms with E-state index in [2.05, 4.69) is 0 Å². The molecule has 0 saturated carbocycles. The van der Waals surface area contributed by atoms with Gasteiger partial charge in [-0.2, -0.15) is 26.3 Å². The second-order valence-electron chi connectivity index (χ2n) is 6.34. The van der Waals surface area contributed by atoms with E-state index in [9.17, 15) is 31.4 Å². The van der Waals surface area contributed by atoms with Crippen LogP contribution in [0.15, 0.2) is 42.5 Å². The molecule has 28 heavy (non-hydrogen) atoms. The van der Waals surface area contributed by atoms with Crippen molar-refractivity contribution in [3.05, 3.63) is 59.2 Å². The van der Waals surface area contributed by atoms with Crippen molar-refractivity contribution in [1.29, 1.82) is 0 Å². The molecule has 0 unspecified atom stereocenters. The van der Waals surface area contributed by atoms with Crippen LogP contribution in [0.3, 0.4) is 0 Å². The Labute approximate surface area is 159 Å². The second kappa shape index (κ2) is 8.53. The summed E-state index contributed by atoms with van der Waals surface area (Å²) in [5.74, 6) is 0.769. The molecule has 0 spiro atoms. The summed E-state index contributed by atoms with van der Waals surface area (Å²) in [4.78, 5) is 0. The fraction of sp³-hybridized carbons (Fsp3) is 0.316. The molecule has 0 atom stereocenters. The monoisotopic (exact) mass is 421 g/mol. The van der Waals surface area contributed by atoms with Gasteiger partial charge in [0.1, 0.15) is 5.75 Å². The first-order valence-corrected chi connectivity index (χ1v) is 9.05. The SMILES string of the molecule is CC(C)COc1ccc(P=C([O-])c2c(C(F)(F)F)cccc2C(F)(F)F)cc1. The van der Waals surface area contributed by atoms with Crippen LogP contribution in [0.25, 0.3) is 0 Å². The maximum Gasteiger partial charge on any atom is 0.416 e. The lowest BCUT2D eigenvalue weighted by molar-refractivity contribution is -0.209. The van der Waals surface area contributed by atoms with E-state index in [0.29, 0.717) is 30.6 Å². The van der Waals surface area contributed by atoms with Gasteiger partial charge in [-0.05, 0) is 47.9 Å². The van der Waals surface area contributed by atoms with Crippen molar-refractivity contribution >= 4 is 19.0 Å². The third-order valence-electron chi connectivity index (χ3n) is 3.54. The van der Waals surface area contributed by atoms with Gasteiger partial charge in [-0.15, -0.1) is 5.48 Å². The van der Waals surface area contributed by atoms with E-state index < -0.39 is 34.5 Å². The summed E-state index contributed by atoms with van der Waals surface area (Å²) in [6.45, 7) is 4.34. The first-order chi connectivity index (χ1) is 12.9. The highest BCUT2D eigenvalue weighted by molar-refractivity contribution is 7.49. The van der Waals surface area contributed by atoms with Gasteiger partial charge in [-0.3, -0.25) is 0 Å². The Hall–Kier alpha value is -2.05. The van der Waals surface area contributed by atoms with E-state index in [1.165, 1.54) is 24.3 Å². The van der Waals surface area contributed by atoms with E-state index in [-0.39, 0.29) is 19.4 Å². The molecule has 2 aromatic carbocycles. The van der Waals surface area contributed by atoms with Gasteiger partial charge in [-0.1, -0.05) is 28.1 Å². The second-order valence-corrected chi connectivity index (χ2v) is 7.49. The van der Waals surface area contributed by atoms with Crippen molar-refractivity contribution in [3.8, 4) is 5.75 Å². The Morgan fingerprint density at radius 1 is 0.929 bits per heavy atom. The summed E-state index contributed by atoms with van der Waals surface area (Å²) < 4.78 is 84.5. The average Bonchev–Trinajstić information content (AvgIpc) is 2.59. The van der Waals surface area contributed by atoms with Crippen LogP contribution in [0.1, 0.15) is 30.5 Å². The molecule has 2 rings (SSSR count). The van der Waals surface area contributed by atoms with Crippen molar-refractivity contribution in [3.63, 3.8) is 0 Å². The van der Waals surface area contributed by atoms with Crippen LogP contribution in [0.5, 0.6) is 5.75 Å². The zero-order valence-electron chi connectivity index (χ0n) is 14.9. The summed E-state index contributed by atoms with van der Waals surface area (Å²) in [6, 6.07) is 7.47.